The van der Waals surface area contributed by atoms with Gasteiger partial charge in [0.1, 0.15) is 66.5 Å². The van der Waals surface area contributed by atoms with E-state index in [-0.39, 0.29) is 128 Å². The van der Waals surface area contributed by atoms with Gasteiger partial charge in [0.15, 0.2) is 11.9 Å². The number of aromatic nitrogens is 2. The Hall–Kier alpha value is -13.4. The summed E-state index contributed by atoms with van der Waals surface area (Å²) in [6.07, 6.45) is 3.72. The average Bonchev–Trinajstić information content (AvgIpc) is 0.851. The summed E-state index contributed by atoms with van der Waals surface area (Å²) in [5.41, 5.74) is 48.5. The molecule has 0 spiro atoms. The van der Waals surface area contributed by atoms with Crippen molar-refractivity contribution in [2.45, 2.75) is 249 Å². The summed E-state index contributed by atoms with van der Waals surface area (Å²) in [4.78, 5) is 234. The number of rotatable bonds is 65. The molecule has 726 valence electrons. The molecule has 33 N–H and O–H groups in total. The zero-order valence-corrected chi connectivity index (χ0v) is 76.0. The predicted molar refractivity (Wildman–Crippen MR) is 492 cm³/mol. The van der Waals surface area contributed by atoms with Gasteiger partial charge in [-0.15, -0.1) is 0 Å². The van der Waals surface area contributed by atoms with E-state index in [0.29, 0.717) is 50.0 Å². The lowest BCUT2D eigenvalue weighted by atomic mass is 9.96. The Bertz CT molecular complexity index is 4330. The third kappa shape index (κ3) is 44.8. The fourth-order valence-corrected chi connectivity index (χ4v) is 13.8. The Morgan fingerprint density at radius 3 is 1.22 bits per heavy atom. The van der Waals surface area contributed by atoms with E-state index in [0.717, 1.165) is 11.4 Å². The smallest absolute Gasteiger partial charge is 0.243 e. The van der Waals surface area contributed by atoms with Gasteiger partial charge in [-0.05, 0) is 177 Å². The number of carbonyl (C=O) groups is 16. The summed E-state index contributed by atoms with van der Waals surface area (Å²) in [7, 11) is 0. The number of hydrogen-bond acceptors (Lipinski definition) is 24. The topological polar surface area (TPSA) is 738 Å². The lowest BCUT2D eigenvalue weighted by Gasteiger charge is -2.29. The van der Waals surface area contributed by atoms with Crippen LogP contribution < -0.4 is 126 Å². The molecule has 4 rings (SSSR count). The number of carbonyl (C=O) groups excluding carboxylic acids is 16. The van der Waals surface area contributed by atoms with E-state index < -0.39 is 211 Å². The molecule has 13 atom stereocenters. The van der Waals surface area contributed by atoms with Gasteiger partial charge in [0.25, 0.3) is 0 Å². The summed E-state index contributed by atoms with van der Waals surface area (Å²) in [5.74, 6) is -16.0. The number of amides is 16. The minimum absolute atomic E-state index is 0.0310. The van der Waals surface area contributed by atoms with Crippen LogP contribution in [0.4, 0.5) is 0 Å². The van der Waals surface area contributed by atoms with Gasteiger partial charge >= 0.3 is 0 Å². The molecule has 4 aromatic rings. The number of nitrogens with two attached hydrogens (primary N) is 8. The highest BCUT2D eigenvalue weighted by Crippen LogP contribution is 2.18. The molecule has 44 heteroatoms. The molecule has 132 heavy (non-hydrogen) atoms. The van der Waals surface area contributed by atoms with E-state index in [2.05, 4.69) is 94.6 Å². The van der Waals surface area contributed by atoms with Crippen LogP contribution in [0.5, 0.6) is 0 Å². The van der Waals surface area contributed by atoms with Crippen molar-refractivity contribution in [2.24, 2.45) is 57.7 Å². The number of pyridine rings is 2. The first kappa shape index (κ1) is 111. The quantitative estimate of drug-likeness (QED) is 0.0113. The summed E-state index contributed by atoms with van der Waals surface area (Å²) < 4.78 is 0. The number of benzene rings is 2. The lowest BCUT2D eigenvalue weighted by molar-refractivity contribution is -0.136. The highest BCUT2D eigenvalue weighted by Gasteiger charge is 2.38. The monoisotopic (exact) mass is 1840 g/mol. The fourth-order valence-electron chi connectivity index (χ4n) is 13.8. The molecule has 44 nitrogen and oxygen atoms in total. The van der Waals surface area contributed by atoms with Crippen LogP contribution in [0.25, 0.3) is 0 Å². The fraction of sp³-hybridized carbons (Fsp3) is 0.545. The molecular formula is C88H138N28O16. The molecule has 2 aromatic heterocycles. The van der Waals surface area contributed by atoms with Gasteiger partial charge in [0, 0.05) is 51.4 Å². The molecule has 0 aliphatic rings. The maximum atomic E-state index is 15.0. The second kappa shape index (κ2) is 61.3. The molecule has 0 aliphatic heterocycles. The van der Waals surface area contributed by atoms with Crippen molar-refractivity contribution < 1.29 is 76.7 Å². The summed E-state index contributed by atoms with van der Waals surface area (Å²) >= 11 is 0. The number of guanidine groups is 2. The second-order valence-electron chi connectivity index (χ2n) is 32.8. The van der Waals surface area contributed by atoms with Crippen LogP contribution >= 0.6 is 0 Å². The highest BCUT2D eigenvalue weighted by molar-refractivity contribution is 6.00. The Morgan fingerprint density at radius 2 is 0.780 bits per heavy atom. The van der Waals surface area contributed by atoms with Crippen molar-refractivity contribution in [2.75, 3.05) is 45.8 Å². The van der Waals surface area contributed by atoms with Crippen LogP contribution in [0.2, 0.25) is 0 Å². The van der Waals surface area contributed by atoms with Crippen molar-refractivity contribution in [3.05, 3.63) is 132 Å². The molecule has 0 fully saturated rings. The van der Waals surface area contributed by atoms with Gasteiger partial charge in [-0.25, -0.2) is 0 Å². The second-order valence-corrected chi connectivity index (χ2v) is 32.8. The molecule has 0 radical (unpaired) electrons. The van der Waals surface area contributed by atoms with E-state index in [4.69, 9.17) is 56.7 Å². The van der Waals surface area contributed by atoms with Crippen molar-refractivity contribution >= 4 is 106 Å². The van der Waals surface area contributed by atoms with Crippen LogP contribution in [-0.2, 0) is 103 Å². The van der Waals surface area contributed by atoms with Gasteiger partial charge in [0.2, 0.25) is 94.5 Å². The van der Waals surface area contributed by atoms with E-state index in [1.165, 1.54) is 6.92 Å². The van der Waals surface area contributed by atoms with Gasteiger partial charge in [-0.1, -0.05) is 107 Å². The Balaban J connectivity index is 1.57. The summed E-state index contributed by atoms with van der Waals surface area (Å²) in [6, 6.07) is 11.4. The first-order valence-corrected chi connectivity index (χ1v) is 44.6. The van der Waals surface area contributed by atoms with Crippen molar-refractivity contribution in [1.29, 1.82) is 10.8 Å². The minimum Gasteiger partial charge on any atom is -0.370 e. The van der Waals surface area contributed by atoms with Gasteiger partial charge in [-0.3, -0.25) is 102 Å². The highest BCUT2D eigenvalue weighted by atomic mass is 16.2. The van der Waals surface area contributed by atoms with Crippen LogP contribution in [0.1, 0.15) is 173 Å². The van der Waals surface area contributed by atoms with E-state index in [9.17, 15) is 71.9 Å². The molecule has 2 heterocycles. The maximum absolute atomic E-state index is 15.0. The molecule has 0 unspecified atom stereocenters. The molecular weight excluding hydrogens is 1710 g/mol. The zero-order valence-electron chi connectivity index (χ0n) is 76.0. The number of hydrogen-bond donors (Lipinski definition) is 25. The first-order valence-electron chi connectivity index (χ1n) is 44.6. The Kier molecular flexibility index (Phi) is 51.5. The summed E-state index contributed by atoms with van der Waals surface area (Å²) in [6.45, 7) is 8.54. The van der Waals surface area contributed by atoms with Gasteiger partial charge in [-0.2, -0.15) is 0 Å². The Labute approximate surface area is 769 Å². The summed E-state index contributed by atoms with van der Waals surface area (Å²) in [5, 5.41) is 54.5. The molecule has 0 saturated carbocycles. The van der Waals surface area contributed by atoms with Crippen molar-refractivity contribution in [3.8, 4) is 0 Å². The number of nitrogens with one attached hydrogen (secondary N) is 17. The third-order valence-electron chi connectivity index (χ3n) is 21.1. The van der Waals surface area contributed by atoms with Gasteiger partial charge in [0.05, 0.1) is 36.9 Å². The van der Waals surface area contributed by atoms with E-state index in [1.807, 2.05) is 24.3 Å². The third-order valence-corrected chi connectivity index (χ3v) is 21.1. The molecule has 16 amide bonds. The number of primary amides is 3. The maximum Gasteiger partial charge on any atom is 0.243 e. The molecule has 2 aromatic carbocycles. The van der Waals surface area contributed by atoms with Crippen LogP contribution in [0.15, 0.2) is 109 Å². The predicted octanol–water partition coefficient (Wildman–Crippen LogP) is -4.45. The minimum atomic E-state index is -1.63. The average molecular weight is 1840 g/mol. The molecule has 0 saturated heterocycles. The number of unbranched alkanes of at least 4 members (excludes halogenated alkanes) is 3. The first-order chi connectivity index (χ1) is 62.9. The molecule has 0 bridgehead atoms. The van der Waals surface area contributed by atoms with Crippen molar-refractivity contribution in [1.82, 2.24) is 94.6 Å². The van der Waals surface area contributed by atoms with Crippen molar-refractivity contribution in [3.63, 3.8) is 0 Å². The van der Waals surface area contributed by atoms with Gasteiger partial charge < -0.3 is 126 Å². The normalized spacial score (nSPS) is 14.0. The Morgan fingerprint density at radius 1 is 0.379 bits per heavy atom. The largest absolute Gasteiger partial charge is 0.370 e. The van der Waals surface area contributed by atoms with Crippen LogP contribution in [0.3, 0.4) is 0 Å². The van der Waals surface area contributed by atoms with Crippen LogP contribution in [-0.4, -0.2) is 240 Å². The van der Waals surface area contributed by atoms with Crippen LogP contribution in [0, 0.1) is 22.7 Å². The lowest BCUT2D eigenvalue weighted by Crippen LogP contribution is -2.60. The van der Waals surface area contributed by atoms with E-state index >= 15 is 4.79 Å². The SMILES string of the molecule is CC[C@H](C)[C@H](NC(=O)[C@H](CCCCN)NC(=O)[C@H](CCC(N)=O)NC(=O)CNC(=O)[C@H](C)NC(=O)[C@H](CCCCN)NC(=O)[C@H](CC(C)C)NC(=O)[C@H](CCCNC(=N)N)NC(=O)[C@H](CCCCN(Cc1ccccn1)Cc1ccccn1)NC(=O)[C@H](CC(N)=O)NC(=O)[C@@H](N)Cc1ccccc1)C(=O)N[C@@H](CCCNC(=N)N)C(=O)N[C@@H](Cc1ccccc1)C(=O)NCC(N)=O. The molecule has 0 aliphatic carbocycles. The number of nitrogens with zero attached hydrogens (tertiary/aromatic N) is 3. The zero-order chi connectivity index (χ0) is 97.6. The standard InChI is InChI=1S/C88H138N28O16/c1-6-54(4)74(86(132)111-65(35-24-43-102-88(97)98)81(127)114-68(77(123)103-49-72(94)119)47-57-27-11-8-12-28-57)115-83(129)63(32-14-19-39-90)107-82(128)66(36-37-70(92)117)106-73(120)50-104-75(121)55(5)105-78(124)61(31-13-18-38-89)109-84(130)67(45-53(2)3)113-80(126)64(34-23-42-101-87(95)96)108-79(125)62(33-17-22-44-116(51-58-29-15-20-40-99-58)52-59-30-16-21-41-100-59)110-85(131)69(48-71(93)118)112-76(122)60(91)46-56-25-9-7-10-26-56/h7-12,15-16,20-21,25-30,40-41,53-55,60-69,74H,6,13-14,17-19,22-24,31-39,42-52,89-91H2,1-5H3,(H2,92,117)(H2,93,118)(H2,94,119)(H,103,123)(H,104,121)(H,105,124)(H,106,120)(H,107,128)(H,108,125)(H,109,130)(H,110,131)(H,111,132)(H,112,122)(H,113,126)(H,114,127)(H,115,129)(H4,95,96,101)(H4,97,98,102)/t54-,55-,60-,61-,62-,63-,64-,65-,66-,67-,68-,69-,74-/m0/s1. The van der Waals surface area contributed by atoms with E-state index in [1.54, 1.807) is 113 Å².